The number of benzene rings is 2. The van der Waals surface area contributed by atoms with E-state index in [-0.39, 0.29) is 35.2 Å². The highest BCUT2D eigenvalue weighted by molar-refractivity contribution is 6.80. The van der Waals surface area contributed by atoms with Gasteiger partial charge in [-0.05, 0) is 53.4 Å². The third-order valence-corrected chi connectivity index (χ3v) is 9.63. The van der Waals surface area contributed by atoms with Gasteiger partial charge in [0, 0.05) is 11.8 Å². The number of methoxy groups -OCH3 is 1. The van der Waals surface area contributed by atoms with Crippen molar-refractivity contribution in [2.75, 3.05) is 7.11 Å². The van der Waals surface area contributed by atoms with Gasteiger partial charge in [0.25, 0.3) is 0 Å². The van der Waals surface area contributed by atoms with Crippen LogP contribution in [0.15, 0.2) is 66.4 Å². The van der Waals surface area contributed by atoms with Gasteiger partial charge < -0.3 is 9.47 Å². The van der Waals surface area contributed by atoms with Crippen LogP contribution in [0, 0.1) is 23.7 Å². The molecule has 2 saturated carbocycles. The Morgan fingerprint density at radius 1 is 1.00 bits per heavy atom. The topological polar surface area (TPSA) is 35.5 Å². The van der Waals surface area contributed by atoms with Crippen LogP contribution in [0.1, 0.15) is 57.1 Å². The van der Waals surface area contributed by atoms with Crippen LogP contribution in [-0.2, 0) is 14.9 Å². The van der Waals surface area contributed by atoms with Gasteiger partial charge in [0.05, 0.1) is 21.1 Å². The summed E-state index contributed by atoms with van der Waals surface area (Å²) in [5.74, 6) is 1.99. The molecule has 0 spiro atoms. The first-order valence-corrected chi connectivity index (χ1v) is 17.2. The number of hydrogen-bond acceptors (Lipinski definition) is 3. The average Bonchev–Trinajstić information content (AvgIpc) is 3.57. The molecule has 0 aliphatic heterocycles. The van der Waals surface area contributed by atoms with Gasteiger partial charge in [-0.25, -0.2) is 0 Å². The second-order valence-electron chi connectivity index (χ2n) is 12.7. The van der Waals surface area contributed by atoms with E-state index in [0.717, 1.165) is 18.6 Å². The Labute approximate surface area is 219 Å². The Kier molecular flexibility index (Phi) is 7.85. The van der Waals surface area contributed by atoms with Gasteiger partial charge in [0.15, 0.2) is 0 Å². The Morgan fingerprint density at radius 2 is 1.67 bits per heavy atom. The summed E-state index contributed by atoms with van der Waals surface area (Å²) in [6, 6.07) is 18.9. The largest absolute Gasteiger partial charge is 0.497 e. The lowest BCUT2D eigenvalue weighted by atomic mass is 9.64. The Morgan fingerprint density at radius 3 is 2.28 bits per heavy atom. The predicted octanol–water partition coefficient (Wildman–Crippen LogP) is 7.78. The van der Waals surface area contributed by atoms with Crippen molar-refractivity contribution in [3.05, 3.63) is 77.5 Å². The summed E-state index contributed by atoms with van der Waals surface area (Å²) in [6.45, 7) is 13.9. The molecular weight excluding hydrogens is 460 g/mol. The van der Waals surface area contributed by atoms with Crippen LogP contribution in [0.25, 0.3) is 0 Å². The van der Waals surface area contributed by atoms with Crippen LogP contribution in [0.3, 0.4) is 0 Å². The fourth-order valence-electron chi connectivity index (χ4n) is 6.13. The summed E-state index contributed by atoms with van der Waals surface area (Å²) < 4.78 is 11.8. The number of esters is 1. The first-order valence-electron chi connectivity index (χ1n) is 13.6. The Balaban J connectivity index is 1.56. The smallest absolute Gasteiger partial charge is 0.310 e. The van der Waals surface area contributed by atoms with E-state index in [0.29, 0.717) is 11.8 Å². The van der Waals surface area contributed by atoms with Crippen LogP contribution in [-0.4, -0.2) is 27.3 Å². The minimum Gasteiger partial charge on any atom is -0.497 e. The maximum Gasteiger partial charge on any atom is 0.310 e. The van der Waals surface area contributed by atoms with E-state index in [1.807, 2.05) is 12.1 Å². The zero-order valence-electron chi connectivity index (χ0n) is 23.2. The molecule has 0 aromatic heterocycles. The lowest BCUT2D eigenvalue weighted by Crippen LogP contribution is -2.43. The molecule has 0 N–H and O–H groups in total. The molecule has 0 heterocycles. The molecule has 4 rings (SSSR count). The summed E-state index contributed by atoms with van der Waals surface area (Å²) in [5, 5.41) is 0. The van der Waals surface area contributed by atoms with Crippen molar-refractivity contribution < 1.29 is 14.3 Å². The minimum absolute atomic E-state index is 0.0194. The molecule has 2 aliphatic carbocycles. The number of carbonyl (C=O) groups excluding carboxylic acids is 1. The van der Waals surface area contributed by atoms with Crippen LogP contribution < -0.4 is 4.74 Å². The molecule has 3 nitrogen and oxygen atoms in total. The number of allylic oxidation sites excluding steroid dienone is 1. The molecule has 2 aromatic rings. The zero-order valence-corrected chi connectivity index (χ0v) is 24.2. The maximum absolute atomic E-state index is 13.8. The van der Waals surface area contributed by atoms with Crippen molar-refractivity contribution in [3.8, 4) is 5.75 Å². The van der Waals surface area contributed by atoms with Gasteiger partial charge in [-0.1, -0.05) is 101 Å². The average molecular weight is 505 g/mol. The summed E-state index contributed by atoms with van der Waals surface area (Å²) in [4.78, 5) is 13.8. The normalized spacial score (nSPS) is 28.6. The minimum atomic E-state index is -1.37. The fourth-order valence-corrected chi connectivity index (χ4v) is 6.93. The number of carbonyl (C=O) groups is 1. The third kappa shape index (κ3) is 5.96. The van der Waals surface area contributed by atoms with E-state index < -0.39 is 8.07 Å². The Bertz CT molecular complexity index is 1050. The molecule has 2 aliphatic rings. The van der Waals surface area contributed by atoms with Crippen LogP contribution in [0.5, 0.6) is 5.75 Å². The van der Waals surface area contributed by atoms with Gasteiger partial charge in [0.1, 0.15) is 11.9 Å². The van der Waals surface area contributed by atoms with Crippen molar-refractivity contribution in [2.45, 2.75) is 77.1 Å². The number of ether oxygens (including phenoxy) is 2. The van der Waals surface area contributed by atoms with Crippen LogP contribution in [0.4, 0.5) is 0 Å². The SMILES string of the molecule is COc1ccc([C@@H]2[C@H](/C=C/[Si](C)(C)C)[C@H]2C(=O)O[C@@H]2C[C@H](C)CC[C@H]2C(C)(C)c2ccccc2)cc1. The third-order valence-electron chi connectivity index (χ3n) is 8.43. The van der Waals surface area contributed by atoms with Crippen LogP contribution >= 0.6 is 0 Å². The quantitative estimate of drug-likeness (QED) is 0.272. The second kappa shape index (κ2) is 10.6. The van der Waals surface area contributed by atoms with E-state index in [9.17, 15) is 4.79 Å². The van der Waals surface area contributed by atoms with Gasteiger partial charge in [-0.3, -0.25) is 4.79 Å². The molecule has 2 aromatic carbocycles. The molecule has 0 amide bonds. The summed E-state index contributed by atoms with van der Waals surface area (Å²) in [7, 11) is 0.318. The van der Waals surface area contributed by atoms with Crippen LogP contribution in [0.2, 0.25) is 19.6 Å². The van der Waals surface area contributed by atoms with Crippen molar-refractivity contribution in [3.63, 3.8) is 0 Å². The summed E-state index contributed by atoms with van der Waals surface area (Å²) in [5.41, 5.74) is 4.85. The van der Waals surface area contributed by atoms with E-state index in [1.54, 1.807) is 7.11 Å². The van der Waals surface area contributed by atoms with Gasteiger partial charge >= 0.3 is 5.97 Å². The molecule has 2 fully saturated rings. The highest BCUT2D eigenvalue weighted by Gasteiger charge is 2.56. The predicted molar refractivity (Wildman–Crippen MR) is 151 cm³/mol. The molecule has 4 heteroatoms. The van der Waals surface area contributed by atoms with Crippen molar-refractivity contribution in [1.82, 2.24) is 0 Å². The number of hydrogen-bond donors (Lipinski definition) is 0. The van der Waals surface area contributed by atoms with Crippen molar-refractivity contribution >= 4 is 14.0 Å². The highest BCUT2D eigenvalue weighted by Crippen LogP contribution is 2.56. The van der Waals surface area contributed by atoms with E-state index in [2.05, 4.69) is 94.7 Å². The molecule has 0 radical (unpaired) electrons. The molecular formula is C32H44O3Si. The molecule has 0 bridgehead atoms. The van der Waals surface area contributed by atoms with Gasteiger partial charge in [-0.15, -0.1) is 0 Å². The summed E-state index contributed by atoms with van der Waals surface area (Å²) in [6.07, 6.45) is 5.49. The van der Waals surface area contributed by atoms with Gasteiger partial charge in [0.2, 0.25) is 0 Å². The monoisotopic (exact) mass is 504 g/mol. The van der Waals surface area contributed by atoms with Crippen molar-refractivity contribution in [1.29, 1.82) is 0 Å². The molecule has 0 saturated heterocycles. The first-order chi connectivity index (χ1) is 17.0. The standard InChI is InChI=1S/C32H44O3Si/c1-22-13-18-27(32(2,3)24-11-9-8-10-12-24)28(21-22)35-31(33)30-26(19-20-36(5,6)7)29(30)23-14-16-25(34-4)17-15-23/h8-12,14-17,19-20,22,26-30H,13,18,21H2,1-7H3/b20-19+/t22-,26+,27-,28-,29-,30-/m1/s1. The highest BCUT2D eigenvalue weighted by atomic mass is 28.3. The molecule has 0 unspecified atom stereocenters. The zero-order chi connectivity index (χ0) is 26.1. The maximum atomic E-state index is 13.8. The molecule has 194 valence electrons. The van der Waals surface area contributed by atoms with E-state index in [1.165, 1.54) is 17.5 Å². The van der Waals surface area contributed by atoms with E-state index in [4.69, 9.17) is 9.47 Å². The number of rotatable bonds is 8. The first kappa shape index (κ1) is 26.7. The lowest BCUT2D eigenvalue weighted by molar-refractivity contribution is -0.158. The van der Waals surface area contributed by atoms with Crippen molar-refractivity contribution in [2.24, 2.45) is 23.7 Å². The van der Waals surface area contributed by atoms with E-state index >= 15 is 0 Å². The molecule has 36 heavy (non-hydrogen) atoms. The Hall–Kier alpha value is -2.33. The summed E-state index contributed by atoms with van der Waals surface area (Å²) >= 11 is 0. The second-order valence-corrected chi connectivity index (χ2v) is 17.8. The van der Waals surface area contributed by atoms with Gasteiger partial charge in [-0.2, -0.15) is 0 Å². The molecule has 6 atom stereocenters. The lowest BCUT2D eigenvalue weighted by Gasteiger charge is -2.44. The fraction of sp³-hybridized carbons (Fsp3) is 0.531.